The molecule has 0 bridgehead atoms. The van der Waals surface area contributed by atoms with Gasteiger partial charge in [-0.05, 0) is 95.5 Å². The van der Waals surface area contributed by atoms with E-state index >= 15 is 0 Å². The number of pyridine rings is 1. The zero-order chi connectivity index (χ0) is 28.9. The van der Waals surface area contributed by atoms with E-state index in [1.807, 2.05) is 58.2 Å². The summed E-state index contributed by atoms with van der Waals surface area (Å²) in [6.45, 7) is 10.3. The van der Waals surface area contributed by atoms with Crippen LogP contribution >= 0.6 is 0 Å². The first-order valence-corrected chi connectivity index (χ1v) is 14.8. The maximum atomic E-state index is 12.9. The zero-order valence-corrected chi connectivity index (χ0v) is 24.9. The molecule has 2 aromatic carbocycles. The minimum Gasteiger partial charge on any atom is -0.456 e. The Morgan fingerprint density at radius 3 is 2.52 bits per heavy atom. The fraction of sp³-hybridized carbons (Fsp3) is 0.387. The van der Waals surface area contributed by atoms with Crippen LogP contribution in [0.15, 0.2) is 66.0 Å². The van der Waals surface area contributed by atoms with Gasteiger partial charge in [0.25, 0.3) is 0 Å². The minimum atomic E-state index is -1.01. The molecule has 1 saturated carbocycles. The van der Waals surface area contributed by atoms with Crippen molar-refractivity contribution < 1.29 is 13.7 Å². The van der Waals surface area contributed by atoms with Gasteiger partial charge in [-0.1, -0.05) is 19.1 Å². The number of fused-ring (bicyclic) bond motifs is 1. The Kier molecular flexibility index (Phi) is 9.37. The first kappa shape index (κ1) is 29.4. The van der Waals surface area contributed by atoms with Crippen LogP contribution in [0.4, 0.5) is 5.69 Å². The first-order chi connectivity index (χ1) is 19.1. The maximum Gasteiger partial charge on any atom is 0.211 e. The zero-order valence-electron chi connectivity index (χ0n) is 24.1. The van der Waals surface area contributed by atoms with Crippen LogP contribution in [0.25, 0.3) is 10.9 Å². The largest absolute Gasteiger partial charge is 0.456 e. The molecular weight excluding hydrogens is 522 g/mol. The van der Waals surface area contributed by atoms with Crippen LogP contribution in [0, 0.1) is 6.92 Å². The molecule has 1 unspecified atom stereocenters. The second kappa shape index (κ2) is 12.7. The number of aryl methyl sites for hydroxylation is 2. The number of nitrogens with one attached hydrogen (secondary N) is 2. The molecule has 0 spiro atoms. The van der Waals surface area contributed by atoms with Gasteiger partial charge in [0, 0.05) is 34.0 Å². The summed E-state index contributed by atoms with van der Waals surface area (Å²) in [5, 5.41) is 11.0. The molecule has 1 aliphatic rings. The summed E-state index contributed by atoms with van der Waals surface area (Å²) in [5.74, 6) is 1.59. The summed E-state index contributed by atoms with van der Waals surface area (Å²) in [6.07, 6.45) is 8.75. The van der Waals surface area contributed by atoms with E-state index in [4.69, 9.17) is 4.74 Å². The summed E-state index contributed by atoms with van der Waals surface area (Å²) >= 11 is 0. The Balaban J connectivity index is 0.000000259. The third-order valence-electron chi connectivity index (χ3n) is 7.07. The normalized spacial score (nSPS) is 17.4. The van der Waals surface area contributed by atoms with Gasteiger partial charge in [0.15, 0.2) is 0 Å². The van der Waals surface area contributed by atoms with E-state index in [-0.39, 0.29) is 10.8 Å². The van der Waals surface area contributed by atoms with E-state index in [1.165, 1.54) is 5.56 Å². The highest BCUT2D eigenvalue weighted by atomic mass is 32.2. The Bertz CT molecular complexity index is 1490. The second-order valence-corrected chi connectivity index (χ2v) is 12.8. The van der Waals surface area contributed by atoms with Crippen molar-refractivity contribution in [3.63, 3.8) is 0 Å². The summed E-state index contributed by atoms with van der Waals surface area (Å²) in [4.78, 5) is 15.4. The van der Waals surface area contributed by atoms with E-state index in [9.17, 15) is 9.00 Å². The number of aromatic nitrogens is 3. The molecule has 1 fully saturated rings. The fourth-order valence-electron chi connectivity index (χ4n) is 4.48. The smallest absolute Gasteiger partial charge is 0.211 e. The molecule has 0 saturated heterocycles. The van der Waals surface area contributed by atoms with Crippen LogP contribution in [-0.2, 0) is 27.6 Å². The van der Waals surface area contributed by atoms with Crippen LogP contribution < -0.4 is 15.4 Å². The molecule has 2 aromatic heterocycles. The van der Waals surface area contributed by atoms with Gasteiger partial charge in [-0.25, -0.2) is 0 Å². The third-order valence-corrected chi connectivity index (χ3v) is 8.78. The number of hydrogen-bond acceptors (Lipinski definition) is 6. The average molecular weight is 562 g/mol. The maximum absolute atomic E-state index is 12.9. The lowest BCUT2D eigenvalue weighted by molar-refractivity contribution is -0.105. The molecule has 40 heavy (non-hydrogen) atoms. The quantitative estimate of drug-likeness (QED) is 0.258. The summed E-state index contributed by atoms with van der Waals surface area (Å²) in [6, 6.07) is 14.5. The van der Waals surface area contributed by atoms with Gasteiger partial charge in [-0.2, -0.15) is 5.10 Å². The summed E-state index contributed by atoms with van der Waals surface area (Å²) in [7, 11) is 0.956. The van der Waals surface area contributed by atoms with Crippen molar-refractivity contribution in [2.24, 2.45) is 0 Å². The molecule has 1 atom stereocenters. The lowest BCUT2D eigenvalue weighted by Gasteiger charge is -2.34. The fourth-order valence-corrected chi connectivity index (χ4v) is 6.11. The van der Waals surface area contributed by atoms with Crippen molar-refractivity contribution in [2.75, 3.05) is 12.4 Å². The van der Waals surface area contributed by atoms with E-state index < -0.39 is 10.8 Å². The van der Waals surface area contributed by atoms with Crippen molar-refractivity contribution in [1.29, 1.82) is 0 Å². The summed E-state index contributed by atoms with van der Waals surface area (Å²) < 4.78 is 21.0. The van der Waals surface area contributed by atoms with Crippen LogP contribution in [0.5, 0.6) is 11.5 Å². The van der Waals surface area contributed by atoms with E-state index in [2.05, 4.69) is 46.7 Å². The van der Waals surface area contributed by atoms with Crippen LogP contribution in [0.2, 0.25) is 0 Å². The van der Waals surface area contributed by atoms with Crippen molar-refractivity contribution in [3.05, 3.63) is 72.2 Å². The molecule has 2 N–H and O–H groups in total. The molecule has 8 nitrogen and oxygen atoms in total. The molecular formula is C31H39N5O3S. The molecule has 2 heterocycles. The van der Waals surface area contributed by atoms with Crippen molar-refractivity contribution in [3.8, 4) is 11.5 Å². The molecule has 4 aromatic rings. The highest BCUT2D eigenvalue weighted by molar-refractivity contribution is 7.85. The van der Waals surface area contributed by atoms with Crippen LogP contribution in [0.3, 0.4) is 0 Å². The number of rotatable bonds is 8. The van der Waals surface area contributed by atoms with Gasteiger partial charge < -0.3 is 15.4 Å². The van der Waals surface area contributed by atoms with Gasteiger partial charge in [0.2, 0.25) is 6.41 Å². The minimum absolute atomic E-state index is 0.0389. The Labute approximate surface area is 239 Å². The predicted molar refractivity (Wildman–Crippen MR) is 162 cm³/mol. The third kappa shape index (κ3) is 6.95. The Morgan fingerprint density at radius 2 is 1.90 bits per heavy atom. The number of anilines is 1. The predicted octanol–water partition coefficient (Wildman–Crippen LogP) is 5.96. The summed E-state index contributed by atoms with van der Waals surface area (Å²) in [5.41, 5.74) is 3.94. The van der Waals surface area contributed by atoms with Crippen molar-refractivity contribution in [1.82, 2.24) is 20.1 Å². The molecule has 0 radical (unpaired) electrons. The van der Waals surface area contributed by atoms with Crippen LogP contribution in [-0.4, -0.2) is 43.7 Å². The lowest BCUT2D eigenvalue weighted by atomic mass is 9.93. The highest BCUT2D eigenvalue weighted by Crippen LogP contribution is 2.34. The van der Waals surface area contributed by atoms with Crippen LogP contribution in [0.1, 0.15) is 51.7 Å². The number of carbonyl (C=O) groups is 1. The van der Waals surface area contributed by atoms with Gasteiger partial charge in [0.1, 0.15) is 11.5 Å². The van der Waals surface area contributed by atoms with Crippen molar-refractivity contribution >= 4 is 33.8 Å². The number of ether oxygens (including phenoxy) is 1. The molecule has 0 aliphatic heterocycles. The highest BCUT2D eigenvalue weighted by Gasteiger charge is 2.33. The Hall–Kier alpha value is -3.56. The molecule has 5 rings (SSSR count). The Morgan fingerprint density at radius 1 is 1.12 bits per heavy atom. The van der Waals surface area contributed by atoms with Gasteiger partial charge in [0.05, 0.1) is 33.7 Å². The van der Waals surface area contributed by atoms with Crippen molar-refractivity contribution in [2.45, 2.75) is 75.6 Å². The molecule has 9 heteroatoms. The molecule has 1 aliphatic carbocycles. The number of amides is 1. The van der Waals surface area contributed by atoms with Gasteiger partial charge in [-0.15, -0.1) is 0 Å². The monoisotopic (exact) mass is 561 g/mol. The SMILES string of the molecule is CC(C)(C)n1cc(NC=O)cn1.CCc1ccc(Oc2ccnc3ccc(S(=O)C4CC(NC)C4)cc23)c(C)c1. The number of carbonyl (C=O) groups excluding carboxylic acids is 1. The molecule has 1 amide bonds. The standard InChI is InChI=1S/C23H26N2O2S.C8H13N3O/c1-4-16-5-8-22(15(2)11-16)27-23-9-10-25-21-7-6-18(14-20(21)23)28(26)19-12-17(13-19)24-3;1-8(2,3)11-5-7(4-10-11)9-6-12/h5-11,14,17,19,24H,4,12-13H2,1-3H3;4-6H,1-3H3,(H,9,12). The van der Waals surface area contributed by atoms with E-state index in [1.54, 1.807) is 23.3 Å². The second-order valence-electron chi connectivity index (χ2n) is 11.0. The van der Waals surface area contributed by atoms with E-state index in [0.29, 0.717) is 12.5 Å². The average Bonchev–Trinajstić information content (AvgIpc) is 3.39. The number of hydrogen-bond donors (Lipinski definition) is 2. The van der Waals surface area contributed by atoms with Gasteiger partial charge >= 0.3 is 0 Å². The topological polar surface area (TPSA) is 98.1 Å². The number of nitrogens with zero attached hydrogens (tertiary/aromatic N) is 3. The first-order valence-electron chi connectivity index (χ1n) is 13.6. The molecule has 212 valence electrons. The lowest BCUT2D eigenvalue weighted by Crippen LogP contribution is -2.44. The number of benzene rings is 2. The van der Waals surface area contributed by atoms with Gasteiger partial charge in [-0.3, -0.25) is 18.7 Å². The van der Waals surface area contributed by atoms with E-state index in [0.717, 1.165) is 57.8 Å².